The molecule has 0 radical (unpaired) electrons. The van der Waals surface area contributed by atoms with Crippen molar-refractivity contribution in [1.82, 2.24) is 9.80 Å². The number of rotatable bonds is 5. The first kappa shape index (κ1) is 22.3. The molecule has 0 aliphatic carbocycles. The Balaban J connectivity index is 1.93. The number of thiocarbonyl (C=S) groups is 1. The highest BCUT2D eigenvalue weighted by Gasteiger charge is 2.35. The van der Waals surface area contributed by atoms with Gasteiger partial charge in [-0.05, 0) is 58.0 Å². The number of carbonyl (C=O) groups excluding carboxylic acids is 2. The van der Waals surface area contributed by atoms with Crippen LogP contribution in [0.5, 0.6) is 11.5 Å². The molecule has 1 saturated heterocycles. The number of nitrogens with zero attached hydrogens (tertiary/aromatic N) is 2. The Morgan fingerprint density at radius 3 is 2.37 bits per heavy atom. The van der Waals surface area contributed by atoms with Gasteiger partial charge in [0.05, 0.1) is 11.6 Å². The van der Waals surface area contributed by atoms with Crippen LogP contribution in [0.1, 0.15) is 11.1 Å². The molecule has 9 heteroatoms. The number of hydrogen-bond donors (Lipinski definition) is 0. The predicted molar refractivity (Wildman–Crippen MR) is 123 cm³/mol. The molecule has 1 aliphatic rings. The average molecular weight is 510 g/mol. The molecule has 0 unspecified atom stereocenters. The van der Waals surface area contributed by atoms with E-state index >= 15 is 0 Å². The summed E-state index contributed by atoms with van der Waals surface area (Å²) in [6, 6.07) is 10.8. The second kappa shape index (κ2) is 9.16. The molecule has 3 rings (SSSR count). The third kappa shape index (κ3) is 4.35. The van der Waals surface area contributed by atoms with Crippen molar-refractivity contribution in [3.05, 3.63) is 62.6 Å². The first-order valence-corrected chi connectivity index (χ1v) is 10.4. The summed E-state index contributed by atoms with van der Waals surface area (Å²) in [5.74, 6) is 0.00182. The smallest absolute Gasteiger partial charge is 0.265 e. The van der Waals surface area contributed by atoms with Crippen LogP contribution in [-0.2, 0) is 16.2 Å². The largest absolute Gasteiger partial charge is 0.493 e. The molecule has 2 aromatic carbocycles. The zero-order valence-corrected chi connectivity index (χ0v) is 19.6. The number of ether oxygens (including phenoxy) is 2. The van der Waals surface area contributed by atoms with Crippen molar-refractivity contribution in [2.75, 3.05) is 21.2 Å². The molecule has 156 valence electrons. The standard InChI is InChI=1S/C21H18BrClN2O4S/c1-24-19(26)14(20(27)25(2)21(24)30)8-12-9-15(22)18(17(10-12)28-3)29-11-13-6-4-5-7-16(13)23/h4-10H,11H2,1-3H3. The molecule has 0 bridgehead atoms. The van der Waals surface area contributed by atoms with Gasteiger partial charge in [-0.25, -0.2) is 0 Å². The monoisotopic (exact) mass is 508 g/mol. The average Bonchev–Trinajstić information content (AvgIpc) is 2.74. The summed E-state index contributed by atoms with van der Waals surface area (Å²) in [4.78, 5) is 27.6. The first-order chi connectivity index (χ1) is 14.2. The van der Waals surface area contributed by atoms with E-state index in [0.717, 1.165) is 5.56 Å². The lowest BCUT2D eigenvalue weighted by molar-refractivity contribution is -0.132. The van der Waals surface area contributed by atoms with Crippen LogP contribution in [0.25, 0.3) is 6.08 Å². The highest BCUT2D eigenvalue weighted by molar-refractivity contribution is 9.10. The normalized spacial score (nSPS) is 14.3. The Labute approximate surface area is 193 Å². The minimum absolute atomic E-state index is 0.00675. The van der Waals surface area contributed by atoms with Gasteiger partial charge in [-0.1, -0.05) is 29.8 Å². The molecule has 0 saturated carbocycles. The van der Waals surface area contributed by atoms with E-state index in [-0.39, 0.29) is 17.3 Å². The van der Waals surface area contributed by atoms with Crippen molar-refractivity contribution in [2.24, 2.45) is 0 Å². The molecule has 0 spiro atoms. The summed E-state index contributed by atoms with van der Waals surface area (Å²) in [6.45, 7) is 0.249. The summed E-state index contributed by atoms with van der Waals surface area (Å²) in [5.41, 5.74) is 1.43. The zero-order valence-electron chi connectivity index (χ0n) is 16.4. The van der Waals surface area contributed by atoms with E-state index < -0.39 is 11.8 Å². The second-order valence-corrected chi connectivity index (χ2v) is 8.11. The lowest BCUT2D eigenvalue weighted by atomic mass is 10.1. The highest BCUT2D eigenvalue weighted by Crippen LogP contribution is 2.38. The van der Waals surface area contributed by atoms with Crippen molar-refractivity contribution in [3.63, 3.8) is 0 Å². The van der Waals surface area contributed by atoms with Gasteiger partial charge in [0.2, 0.25) is 0 Å². The molecular weight excluding hydrogens is 492 g/mol. The minimum Gasteiger partial charge on any atom is -0.493 e. The molecule has 6 nitrogen and oxygen atoms in total. The zero-order chi connectivity index (χ0) is 22.0. The van der Waals surface area contributed by atoms with Crippen molar-refractivity contribution in [2.45, 2.75) is 6.61 Å². The first-order valence-electron chi connectivity index (χ1n) is 8.80. The van der Waals surface area contributed by atoms with Gasteiger partial charge in [0.25, 0.3) is 11.8 Å². The second-order valence-electron chi connectivity index (χ2n) is 6.48. The third-order valence-electron chi connectivity index (χ3n) is 4.54. The van der Waals surface area contributed by atoms with Crippen molar-refractivity contribution in [3.8, 4) is 11.5 Å². The number of likely N-dealkylation sites (N-methyl/N-ethyl adjacent to an activating group) is 2. The van der Waals surface area contributed by atoms with E-state index in [2.05, 4.69) is 15.9 Å². The van der Waals surface area contributed by atoms with Gasteiger partial charge in [0, 0.05) is 24.7 Å². The lowest BCUT2D eigenvalue weighted by Crippen LogP contribution is -2.52. The summed E-state index contributed by atoms with van der Waals surface area (Å²) in [7, 11) is 4.57. The van der Waals surface area contributed by atoms with Crippen LogP contribution in [0.4, 0.5) is 0 Å². The molecule has 0 aromatic heterocycles. The van der Waals surface area contributed by atoms with E-state index in [1.54, 1.807) is 18.2 Å². The van der Waals surface area contributed by atoms with Crippen LogP contribution in [0.2, 0.25) is 5.02 Å². The van der Waals surface area contributed by atoms with Crippen LogP contribution >= 0.6 is 39.7 Å². The SMILES string of the molecule is COc1cc(C=C2C(=O)N(C)C(=S)N(C)C2=O)cc(Br)c1OCc1ccccc1Cl. The predicted octanol–water partition coefficient (Wildman–Crippen LogP) is 4.29. The maximum atomic E-state index is 12.5. The quantitative estimate of drug-likeness (QED) is 0.342. The third-order valence-corrected chi connectivity index (χ3v) is 6.04. The van der Waals surface area contributed by atoms with Gasteiger partial charge in [0.1, 0.15) is 12.2 Å². The Hall–Kier alpha value is -2.42. The van der Waals surface area contributed by atoms with Crippen LogP contribution in [0.3, 0.4) is 0 Å². The number of benzene rings is 2. The number of amides is 2. The highest BCUT2D eigenvalue weighted by atomic mass is 79.9. The van der Waals surface area contributed by atoms with Crippen LogP contribution in [0, 0.1) is 0 Å². The summed E-state index contributed by atoms with van der Waals surface area (Å²) in [5, 5.41) is 0.763. The maximum absolute atomic E-state index is 12.5. The molecule has 30 heavy (non-hydrogen) atoms. The fourth-order valence-electron chi connectivity index (χ4n) is 2.87. The van der Waals surface area contributed by atoms with E-state index in [1.165, 1.54) is 37.1 Å². The fourth-order valence-corrected chi connectivity index (χ4v) is 3.80. The minimum atomic E-state index is -0.461. The molecule has 1 fully saturated rings. The molecule has 1 heterocycles. The molecule has 0 N–H and O–H groups in total. The van der Waals surface area contributed by atoms with Gasteiger partial charge in [-0.15, -0.1) is 0 Å². The molecule has 2 aromatic rings. The Bertz CT molecular complexity index is 1050. The Kier molecular flexibility index (Phi) is 6.80. The van der Waals surface area contributed by atoms with E-state index in [9.17, 15) is 9.59 Å². The molecule has 2 amide bonds. The van der Waals surface area contributed by atoms with E-state index in [0.29, 0.717) is 26.6 Å². The number of hydrogen-bond acceptors (Lipinski definition) is 5. The topological polar surface area (TPSA) is 59.1 Å². The van der Waals surface area contributed by atoms with Crippen LogP contribution in [0.15, 0.2) is 46.4 Å². The Morgan fingerprint density at radius 2 is 1.77 bits per heavy atom. The van der Waals surface area contributed by atoms with Crippen LogP contribution in [-0.4, -0.2) is 47.9 Å². The van der Waals surface area contributed by atoms with Gasteiger partial charge in [0.15, 0.2) is 16.6 Å². The summed E-state index contributed by atoms with van der Waals surface area (Å²) in [6.07, 6.45) is 1.50. The lowest BCUT2D eigenvalue weighted by Gasteiger charge is -2.31. The van der Waals surface area contributed by atoms with Crippen molar-refractivity contribution >= 4 is 62.8 Å². The summed E-state index contributed by atoms with van der Waals surface area (Å²) >= 11 is 14.8. The number of carbonyl (C=O) groups is 2. The number of halogens is 2. The van der Waals surface area contributed by atoms with E-state index in [4.69, 9.17) is 33.3 Å². The Morgan fingerprint density at radius 1 is 1.13 bits per heavy atom. The van der Waals surface area contributed by atoms with Gasteiger partial charge in [-0.3, -0.25) is 19.4 Å². The van der Waals surface area contributed by atoms with Crippen molar-refractivity contribution in [1.29, 1.82) is 0 Å². The number of methoxy groups -OCH3 is 1. The molecular formula is C21H18BrClN2O4S. The summed E-state index contributed by atoms with van der Waals surface area (Å²) < 4.78 is 12.0. The maximum Gasteiger partial charge on any atom is 0.265 e. The fraction of sp³-hybridized carbons (Fsp3) is 0.190. The molecule has 1 aliphatic heterocycles. The van der Waals surface area contributed by atoms with Gasteiger partial charge >= 0.3 is 0 Å². The van der Waals surface area contributed by atoms with Crippen molar-refractivity contribution < 1.29 is 19.1 Å². The molecule has 0 atom stereocenters. The van der Waals surface area contributed by atoms with Gasteiger partial charge in [-0.2, -0.15) is 0 Å². The van der Waals surface area contributed by atoms with E-state index in [1.807, 2.05) is 18.2 Å². The van der Waals surface area contributed by atoms with Crippen LogP contribution < -0.4 is 9.47 Å². The van der Waals surface area contributed by atoms with Gasteiger partial charge < -0.3 is 9.47 Å².